The highest BCUT2D eigenvalue weighted by Gasteiger charge is 2.24. The van der Waals surface area contributed by atoms with Crippen LogP contribution >= 0.6 is 24.8 Å². The van der Waals surface area contributed by atoms with E-state index in [9.17, 15) is 0 Å². The average molecular weight is 453 g/mol. The summed E-state index contributed by atoms with van der Waals surface area (Å²) in [6, 6.07) is 14.9. The lowest BCUT2D eigenvalue weighted by Crippen LogP contribution is -2.46. The molecule has 2 aromatic rings. The molecule has 0 aromatic heterocycles. The number of rotatable bonds is 4. The molecular weight excluding hydrogens is 423 g/mol. The Balaban J connectivity index is 0.00000128. The van der Waals surface area contributed by atoms with Gasteiger partial charge in [-0.25, -0.2) is 0 Å². The summed E-state index contributed by atoms with van der Waals surface area (Å²) in [5.41, 5.74) is 2.63. The van der Waals surface area contributed by atoms with Crippen molar-refractivity contribution >= 4 is 30.5 Å². The Kier molecular flexibility index (Phi) is 7.98. The van der Waals surface area contributed by atoms with Gasteiger partial charge in [0.1, 0.15) is 19.0 Å². The number of hydrogen-bond donors (Lipinski definition) is 0. The molecule has 164 valence electrons. The zero-order chi connectivity index (χ0) is 18.8. The number of halogens is 2. The molecule has 0 aliphatic carbocycles. The molecule has 30 heavy (non-hydrogen) atoms. The molecule has 3 heterocycles. The van der Waals surface area contributed by atoms with Crippen molar-refractivity contribution in [3.63, 3.8) is 0 Å². The Hall–Kier alpha value is -1.82. The van der Waals surface area contributed by atoms with Crippen LogP contribution in [-0.2, 0) is 0 Å². The lowest BCUT2D eigenvalue weighted by atomic mass is 9.90. The van der Waals surface area contributed by atoms with Crippen molar-refractivity contribution < 1.29 is 14.2 Å². The van der Waals surface area contributed by atoms with Crippen LogP contribution in [0.3, 0.4) is 0 Å². The number of fused-ring (bicyclic) bond motifs is 2. The van der Waals surface area contributed by atoms with Gasteiger partial charge in [0.15, 0.2) is 11.5 Å². The molecule has 1 atom stereocenters. The normalized spacial score (nSPS) is 20.3. The van der Waals surface area contributed by atoms with Crippen LogP contribution in [0.15, 0.2) is 42.5 Å². The second-order valence-electron chi connectivity index (χ2n) is 7.82. The van der Waals surface area contributed by atoms with Crippen LogP contribution in [0.2, 0.25) is 0 Å². The number of piperazine rings is 1. The molecule has 5 nitrogen and oxygen atoms in total. The van der Waals surface area contributed by atoms with Gasteiger partial charge in [-0.15, -0.1) is 24.8 Å². The Bertz CT molecular complexity index is 828. The number of hydrogen-bond acceptors (Lipinski definition) is 5. The molecule has 7 heteroatoms. The molecule has 3 aliphatic heterocycles. The summed E-state index contributed by atoms with van der Waals surface area (Å²) >= 11 is 0. The number of nitrogens with zero attached hydrogens (tertiary/aromatic N) is 2. The monoisotopic (exact) mass is 452 g/mol. The number of anilines is 1. The number of benzene rings is 2. The molecule has 0 N–H and O–H groups in total. The van der Waals surface area contributed by atoms with Crippen LogP contribution in [0.25, 0.3) is 0 Å². The molecular formula is C23H30Cl2N2O3. The fourth-order valence-corrected chi connectivity index (χ4v) is 4.51. The lowest BCUT2D eigenvalue weighted by molar-refractivity contribution is 0.171. The van der Waals surface area contributed by atoms with Gasteiger partial charge in [0, 0.05) is 37.9 Å². The third-order valence-corrected chi connectivity index (χ3v) is 6.14. The van der Waals surface area contributed by atoms with Crippen molar-refractivity contribution in [2.45, 2.75) is 18.8 Å². The van der Waals surface area contributed by atoms with E-state index in [-0.39, 0.29) is 24.8 Å². The van der Waals surface area contributed by atoms with Crippen LogP contribution in [0.4, 0.5) is 5.69 Å². The maximum Gasteiger partial charge on any atom is 0.163 e. The smallest absolute Gasteiger partial charge is 0.163 e. The highest BCUT2D eigenvalue weighted by molar-refractivity contribution is 5.85. The van der Waals surface area contributed by atoms with Gasteiger partial charge in [0.05, 0.1) is 6.61 Å². The molecule has 2 aromatic carbocycles. The van der Waals surface area contributed by atoms with E-state index < -0.39 is 0 Å². The Morgan fingerprint density at radius 3 is 2.33 bits per heavy atom. The topological polar surface area (TPSA) is 34.2 Å². The number of para-hydroxylation sites is 1. The fraction of sp³-hybridized carbons (Fsp3) is 0.478. The molecule has 1 unspecified atom stereocenters. The molecule has 0 saturated carbocycles. The summed E-state index contributed by atoms with van der Waals surface area (Å²) in [4.78, 5) is 5.06. The predicted molar refractivity (Wildman–Crippen MR) is 124 cm³/mol. The Labute approximate surface area is 191 Å². The van der Waals surface area contributed by atoms with Crippen LogP contribution in [0, 0.1) is 0 Å². The first kappa shape index (κ1) is 22.9. The van der Waals surface area contributed by atoms with Crippen molar-refractivity contribution in [2.24, 2.45) is 0 Å². The van der Waals surface area contributed by atoms with Crippen molar-refractivity contribution in [1.82, 2.24) is 4.90 Å². The van der Waals surface area contributed by atoms with Crippen molar-refractivity contribution in [2.75, 3.05) is 57.4 Å². The van der Waals surface area contributed by atoms with Crippen LogP contribution in [0.5, 0.6) is 17.2 Å². The molecule has 3 aliphatic rings. The highest BCUT2D eigenvalue weighted by atomic mass is 35.5. The van der Waals surface area contributed by atoms with Gasteiger partial charge in [-0.3, -0.25) is 4.90 Å². The molecule has 0 spiro atoms. The van der Waals surface area contributed by atoms with Gasteiger partial charge < -0.3 is 19.1 Å². The maximum absolute atomic E-state index is 5.81. The SMILES string of the molecule is Cl.Cl.c1ccc2c(c1)OCCC2CCN1CCN(c2ccc3c(c2)OCCO3)CC1. The van der Waals surface area contributed by atoms with Crippen molar-refractivity contribution in [3.8, 4) is 17.2 Å². The summed E-state index contributed by atoms with van der Waals surface area (Å²) in [6.07, 6.45) is 2.35. The summed E-state index contributed by atoms with van der Waals surface area (Å²) in [5, 5.41) is 0. The van der Waals surface area contributed by atoms with Crippen molar-refractivity contribution in [1.29, 1.82) is 0 Å². The van der Waals surface area contributed by atoms with Crippen LogP contribution in [0.1, 0.15) is 24.3 Å². The summed E-state index contributed by atoms with van der Waals surface area (Å²) in [6.45, 7) is 7.63. The first-order valence-corrected chi connectivity index (χ1v) is 10.5. The predicted octanol–water partition coefficient (Wildman–Crippen LogP) is 4.38. The first-order valence-electron chi connectivity index (χ1n) is 10.5. The molecule has 5 rings (SSSR count). The largest absolute Gasteiger partial charge is 0.493 e. The second-order valence-corrected chi connectivity index (χ2v) is 7.82. The van der Waals surface area contributed by atoms with E-state index in [1.54, 1.807) is 0 Å². The molecule has 1 saturated heterocycles. The van der Waals surface area contributed by atoms with E-state index in [1.165, 1.54) is 17.7 Å². The zero-order valence-electron chi connectivity index (χ0n) is 17.1. The van der Waals surface area contributed by atoms with Gasteiger partial charge in [0.2, 0.25) is 0 Å². The van der Waals surface area contributed by atoms with Gasteiger partial charge in [-0.2, -0.15) is 0 Å². The highest BCUT2D eigenvalue weighted by Crippen LogP contribution is 2.36. The van der Waals surface area contributed by atoms with E-state index in [0.29, 0.717) is 19.1 Å². The van der Waals surface area contributed by atoms with E-state index in [1.807, 2.05) is 6.07 Å². The minimum atomic E-state index is 0. The summed E-state index contributed by atoms with van der Waals surface area (Å²) in [5.74, 6) is 3.46. The van der Waals surface area contributed by atoms with Gasteiger partial charge in [0.25, 0.3) is 0 Å². The minimum Gasteiger partial charge on any atom is -0.493 e. The van der Waals surface area contributed by atoms with Gasteiger partial charge in [-0.1, -0.05) is 18.2 Å². The average Bonchev–Trinajstić information content (AvgIpc) is 2.77. The van der Waals surface area contributed by atoms with E-state index >= 15 is 0 Å². The molecule has 0 radical (unpaired) electrons. The Morgan fingerprint density at radius 2 is 1.50 bits per heavy atom. The minimum absolute atomic E-state index is 0. The van der Waals surface area contributed by atoms with Gasteiger partial charge in [-0.05, 0) is 49.1 Å². The second kappa shape index (κ2) is 10.5. The lowest BCUT2D eigenvalue weighted by Gasteiger charge is -2.37. The van der Waals surface area contributed by atoms with Crippen LogP contribution in [-0.4, -0.2) is 57.4 Å². The molecule has 0 amide bonds. The fourth-order valence-electron chi connectivity index (χ4n) is 4.51. The van der Waals surface area contributed by atoms with Crippen LogP contribution < -0.4 is 19.1 Å². The first-order chi connectivity index (χ1) is 13.9. The van der Waals surface area contributed by atoms with E-state index in [0.717, 1.165) is 63.0 Å². The van der Waals surface area contributed by atoms with E-state index in [4.69, 9.17) is 14.2 Å². The van der Waals surface area contributed by atoms with Gasteiger partial charge >= 0.3 is 0 Å². The summed E-state index contributed by atoms with van der Waals surface area (Å²) in [7, 11) is 0. The number of ether oxygens (including phenoxy) is 3. The maximum atomic E-state index is 5.81. The van der Waals surface area contributed by atoms with Crippen molar-refractivity contribution in [3.05, 3.63) is 48.0 Å². The molecule has 0 bridgehead atoms. The molecule has 1 fully saturated rings. The third kappa shape index (κ3) is 4.90. The van der Waals surface area contributed by atoms with E-state index in [2.05, 4.69) is 46.2 Å². The summed E-state index contributed by atoms with van der Waals surface area (Å²) < 4.78 is 17.2. The Morgan fingerprint density at radius 1 is 0.767 bits per heavy atom. The zero-order valence-corrected chi connectivity index (χ0v) is 18.8. The standard InChI is InChI=1S/C23H28N2O3.2ClH/c1-2-4-21-20(3-1)18(8-14-26-21)7-9-24-10-12-25(13-11-24)19-5-6-22-23(17-19)28-16-15-27-22;;/h1-6,17-18H,7-16H2;2*1H. The third-order valence-electron chi connectivity index (χ3n) is 6.14. The quantitative estimate of drug-likeness (QED) is 0.687.